The lowest BCUT2D eigenvalue weighted by atomic mass is 10.2. The summed E-state index contributed by atoms with van der Waals surface area (Å²) in [5, 5.41) is 14.2. The van der Waals surface area contributed by atoms with Crippen LogP contribution in [0.25, 0.3) is 0 Å². The Hall–Kier alpha value is -3.09. The Labute approximate surface area is 114 Å². The number of nitro groups is 1. The van der Waals surface area contributed by atoms with Gasteiger partial charge in [0.1, 0.15) is 0 Å². The molecule has 1 heterocycles. The van der Waals surface area contributed by atoms with Crippen LogP contribution in [-0.4, -0.2) is 22.0 Å². The topological polar surface area (TPSA) is 97.5 Å². The Morgan fingerprint density at radius 1 is 1.25 bits per heavy atom. The minimum absolute atomic E-state index is 0.0708. The molecule has 2 aromatic rings. The number of hydrogen-bond acceptors (Lipinski definition) is 5. The molecular weight excluding hydrogens is 260 g/mol. The average Bonchev–Trinajstić information content (AvgIpc) is 2.48. The highest BCUT2D eigenvalue weighted by molar-refractivity contribution is 5.94. The Morgan fingerprint density at radius 2 is 2.00 bits per heavy atom. The van der Waals surface area contributed by atoms with Crippen molar-refractivity contribution in [3.8, 4) is 0 Å². The molecule has 0 spiro atoms. The molecule has 0 unspecified atom stereocenters. The van der Waals surface area contributed by atoms with Crippen molar-refractivity contribution in [3.63, 3.8) is 0 Å². The highest BCUT2D eigenvalue weighted by atomic mass is 16.6. The van der Waals surface area contributed by atoms with Gasteiger partial charge in [0.15, 0.2) is 0 Å². The van der Waals surface area contributed by atoms with Crippen LogP contribution in [0.5, 0.6) is 0 Å². The van der Waals surface area contributed by atoms with E-state index in [4.69, 9.17) is 0 Å². The van der Waals surface area contributed by atoms with Gasteiger partial charge in [-0.05, 0) is 24.3 Å². The molecule has 0 fully saturated rings. The lowest BCUT2D eigenvalue weighted by Gasteiger charge is -1.99. The first-order chi connectivity index (χ1) is 9.66. The normalized spacial score (nSPS) is 10.4. The van der Waals surface area contributed by atoms with Crippen LogP contribution >= 0.6 is 0 Å². The first-order valence-corrected chi connectivity index (χ1v) is 5.66. The van der Waals surface area contributed by atoms with Crippen LogP contribution in [-0.2, 0) is 0 Å². The number of hydrogen-bond donors (Lipinski definition) is 1. The fourth-order valence-corrected chi connectivity index (χ4v) is 1.41. The van der Waals surface area contributed by atoms with Gasteiger partial charge in [-0.25, -0.2) is 5.43 Å². The minimum atomic E-state index is -0.527. The zero-order valence-electron chi connectivity index (χ0n) is 10.3. The van der Waals surface area contributed by atoms with Crippen LogP contribution in [0.1, 0.15) is 16.1 Å². The van der Waals surface area contributed by atoms with Gasteiger partial charge in [-0.2, -0.15) is 5.10 Å². The SMILES string of the molecule is O=C(NN=Cc1ccccn1)c1ccc([N+](=O)[O-])cc1. The Bertz CT molecular complexity index is 638. The molecule has 0 saturated carbocycles. The smallest absolute Gasteiger partial charge is 0.267 e. The number of carbonyl (C=O) groups excluding carboxylic acids is 1. The van der Waals surface area contributed by atoms with Gasteiger partial charge >= 0.3 is 0 Å². The molecule has 1 N–H and O–H groups in total. The molecule has 0 saturated heterocycles. The highest BCUT2D eigenvalue weighted by Crippen LogP contribution is 2.11. The van der Waals surface area contributed by atoms with Gasteiger partial charge in [0.25, 0.3) is 11.6 Å². The van der Waals surface area contributed by atoms with Crippen LogP contribution in [0.15, 0.2) is 53.8 Å². The lowest BCUT2D eigenvalue weighted by Crippen LogP contribution is -2.17. The van der Waals surface area contributed by atoms with Gasteiger partial charge in [-0.1, -0.05) is 6.07 Å². The van der Waals surface area contributed by atoms with Crippen LogP contribution in [0.3, 0.4) is 0 Å². The van der Waals surface area contributed by atoms with E-state index in [1.165, 1.54) is 30.5 Å². The molecule has 2 rings (SSSR count). The molecule has 0 radical (unpaired) electrons. The summed E-state index contributed by atoms with van der Waals surface area (Å²) in [7, 11) is 0. The zero-order valence-corrected chi connectivity index (χ0v) is 10.3. The second kappa shape index (κ2) is 6.19. The van der Waals surface area contributed by atoms with Crippen molar-refractivity contribution < 1.29 is 9.72 Å². The van der Waals surface area contributed by atoms with Crippen molar-refractivity contribution in [2.45, 2.75) is 0 Å². The van der Waals surface area contributed by atoms with Gasteiger partial charge < -0.3 is 0 Å². The minimum Gasteiger partial charge on any atom is -0.267 e. The summed E-state index contributed by atoms with van der Waals surface area (Å²) < 4.78 is 0. The lowest BCUT2D eigenvalue weighted by molar-refractivity contribution is -0.384. The second-order valence-corrected chi connectivity index (χ2v) is 3.76. The Morgan fingerprint density at radius 3 is 2.60 bits per heavy atom. The number of benzene rings is 1. The molecule has 0 aliphatic rings. The quantitative estimate of drug-likeness (QED) is 0.520. The van der Waals surface area contributed by atoms with Gasteiger partial charge in [-0.15, -0.1) is 0 Å². The number of carbonyl (C=O) groups is 1. The van der Waals surface area contributed by atoms with Crippen molar-refractivity contribution in [1.82, 2.24) is 10.4 Å². The summed E-state index contributed by atoms with van der Waals surface area (Å²) in [6.07, 6.45) is 3.02. The van der Waals surface area contributed by atoms with Gasteiger partial charge in [0, 0.05) is 23.9 Å². The molecule has 0 atom stereocenters. The maximum atomic E-state index is 11.7. The summed E-state index contributed by atoms with van der Waals surface area (Å²) >= 11 is 0. The molecule has 1 amide bonds. The van der Waals surface area contributed by atoms with E-state index in [0.29, 0.717) is 5.69 Å². The molecule has 7 heteroatoms. The van der Waals surface area contributed by atoms with Crippen LogP contribution < -0.4 is 5.43 Å². The third-order valence-corrected chi connectivity index (χ3v) is 2.39. The largest absolute Gasteiger partial charge is 0.271 e. The third-order valence-electron chi connectivity index (χ3n) is 2.39. The van der Waals surface area contributed by atoms with Crippen molar-refractivity contribution >= 4 is 17.8 Å². The summed E-state index contributed by atoms with van der Waals surface area (Å²) in [6.45, 7) is 0. The van der Waals surface area contributed by atoms with E-state index in [0.717, 1.165) is 0 Å². The first kappa shape index (κ1) is 13.3. The third kappa shape index (κ3) is 3.45. The van der Waals surface area contributed by atoms with Gasteiger partial charge in [-0.3, -0.25) is 19.9 Å². The molecule has 0 aliphatic heterocycles. The fourth-order valence-electron chi connectivity index (χ4n) is 1.41. The van der Waals surface area contributed by atoms with E-state index in [1.54, 1.807) is 24.4 Å². The predicted octanol–water partition coefficient (Wildman–Crippen LogP) is 1.75. The molecular formula is C13H10N4O3. The number of hydrazone groups is 1. The molecule has 1 aromatic carbocycles. The van der Waals surface area contributed by atoms with Crippen molar-refractivity contribution in [3.05, 3.63) is 70.0 Å². The number of amides is 1. The maximum absolute atomic E-state index is 11.7. The summed E-state index contributed by atoms with van der Waals surface area (Å²) in [5.74, 6) is -0.452. The van der Waals surface area contributed by atoms with Crippen LogP contribution in [0.2, 0.25) is 0 Å². The molecule has 1 aromatic heterocycles. The van der Waals surface area contributed by atoms with E-state index in [1.807, 2.05) is 0 Å². The Balaban J connectivity index is 1.98. The summed E-state index contributed by atoms with van der Waals surface area (Å²) in [5.41, 5.74) is 3.14. The molecule has 0 bridgehead atoms. The fraction of sp³-hybridized carbons (Fsp3) is 0. The standard InChI is InChI=1S/C13H10N4O3/c18-13(10-4-6-12(7-5-10)17(19)20)16-15-9-11-3-1-2-8-14-11/h1-9H,(H,16,18). The number of nitro benzene ring substituents is 1. The average molecular weight is 270 g/mol. The van der Waals surface area contributed by atoms with E-state index in [-0.39, 0.29) is 11.3 Å². The number of aromatic nitrogens is 1. The van der Waals surface area contributed by atoms with E-state index >= 15 is 0 Å². The van der Waals surface area contributed by atoms with Gasteiger partial charge in [0.2, 0.25) is 0 Å². The first-order valence-electron chi connectivity index (χ1n) is 5.66. The number of nitrogens with zero attached hydrogens (tertiary/aromatic N) is 3. The highest BCUT2D eigenvalue weighted by Gasteiger charge is 2.08. The molecule has 0 aliphatic carbocycles. The zero-order chi connectivity index (χ0) is 14.4. The van der Waals surface area contributed by atoms with Crippen molar-refractivity contribution in [1.29, 1.82) is 0 Å². The Kier molecular flexibility index (Phi) is 4.13. The molecule has 20 heavy (non-hydrogen) atoms. The van der Waals surface area contributed by atoms with Crippen LogP contribution in [0, 0.1) is 10.1 Å². The molecule has 7 nitrogen and oxygen atoms in total. The van der Waals surface area contributed by atoms with Crippen molar-refractivity contribution in [2.75, 3.05) is 0 Å². The monoisotopic (exact) mass is 270 g/mol. The van der Waals surface area contributed by atoms with Gasteiger partial charge in [0.05, 0.1) is 16.8 Å². The van der Waals surface area contributed by atoms with E-state index in [2.05, 4.69) is 15.5 Å². The number of non-ortho nitro benzene ring substituents is 1. The number of pyridine rings is 1. The van der Waals surface area contributed by atoms with Crippen LogP contribution in [0.4, 0.5) is 5.69 Å². The second-order valence-electron chi connectivity index (χ2n) is 3.76. The maximum Gasteiger partial charge on any atom is 0.271 e. The number of rotatable bonds is 4. The van der Waals surface area contributed by atoms with Crippen molar-refractivity contribution in [2.24, 2.45) is 5.10 Å². The summed E-state index contributed by atoms with van der Waals surface area (Å²) in [4.78, 5) is 25.7. The predicted molar refractivity (Wildman–Crippen MR) is 72.4 cm³/mol. The number of nitrogens with one attached hydrogen (secondary N) is 1. The van der Waals surface area contributed by atoms with E-state index in [9.17, 15) is 14.9 Å². The summed E-state index contributed by atoms with van der Waals surface area (Å²) in [6, 6.07) is 10.6. The van der Waals surface area contributed by atoms with E-state index < -0.39 is 10.8 Å². The molecule has 100 valence electrons.